The molecule has 152 valence electrons. The molecule has 0 saturated heterocycles. The highest BCUT2D eigenvalue weighted by Gasteiger charge is 2.46. The van der Waals surface area contributed by atoms with Crippen molar-refractivity contribution >= 4 is 31.6 Å². The van der Waals surface area contributed by atoms with Gasteiger partial charge in [-0.3, -0.25) is 0 Å². The van der Waals surface area contributed by atoms with Crippen LogP contribution < -0.4 is 9.80 Å². The van der Waals surface area contributed by atoms with Gasteiger partial charge in [0.1, 0.15) is 0 Å². The van der Waals surface area contributed by atoms with Gasteiger partial charge in [-0.2, -0.15) is 0 Å². The summed E-state index contributed by atoms with van der Waals surface area (Å²) in [7, 11) is 6.79. The van der Waals surface area contributed by atoms with Crippen LogP contribution in [0.5, 0.6) is 0 Å². The van der Waals surface area contributed by atoms with E-state index in [1.807, 2.05) is 0 Å². The lowest BCUT2D eigenvalue weighted by atomic mass is 10.1. The first kappa shape index (κ1) is 20.0. The molecule has 2 atom stereocenters. The third-order valence-corrected chi connectivity index (χ3v) is 11.5. The number of nitrogens with zero attached hydrogens (tertiary/aromatic N) is 2. The zero-order valence-corrected chi connectivity index (χ0v) is 20.2. The predicted molar refractivity (Wildman–Crippen MR) is 132 cm³/mol. The summed E-state index contributed by atoms with van der Waals surface area (Å²) in [5, 5.41) is 0. The molecule has 2 aliphatic carbocycles. The average molecular weight is 403 g/mol. The molecule has 2 aromatic rings. The molecule has 0 N–H and O–H groups in total. The molecule has 2 aromatic carbocycles. The third kappa shape index (κ3) is 3.16. The van der Waals surface area contributed by atoms with E-state index in [9.17, 15) is 0 Å². The number of benzene rings is 2. The number of rotatable bonds is 4. The minimum Gasteiger partial charge on any atom is -0.378 e. The summed E-state index contributed by atoms with van der Waals surface area (Å²) in [6.45, 7) is 9.90. The minimum atomic E-state index is -1.75. The van der Waals surface area contributed by atoms with Crippen LogP contribution in [-0.2, 0) is 0 Å². The summed E-state index contributed by atoms with van der Waals surface area (Å²) in [6.07, 6.45) is 4.86. The van der Waals surface area contributed by atoms with Gasteiger partial charge in [0, 0.05) is 50.6 Å². The van der Waals surface area contributed by atoms with Crippen LogP contribution in [0, 0.1) is 0 Å². The van der Waals surface area contributed by atoms with E-state index in [4.69, 9.17) is 0 Å². The van der Waals surface area contributed by atoms with E-state index in [0.717, 1.165) is 0 Å². The number of hydrogen-bond donors (Lipinski definition) is 0. The van der Waals surface area contributed by atoms with Crippen molar-refractivity contribution in [2.75, 3.05) is 38.0 Å². The van der Waals surface area contributed by atoms with Crippen LogP contribution in [0.25, 0.3) is 12.2 Å². The van der Waals surface area contributed by atoms with Gasteiger partial charge in [0.25, 0.3) is 0 Å². The summed E-state index contributed by atoms with van der Waals surface area (Å²) in [6, 6.07) is 14.0. The third-order valence-electron chi connectivity index (χ3n) is 6.96. The van der Waals surface area contributed by atoms with Gasteiger partial charge >= 0.3 is 0 Å². The molecule has 0 aromatic heterocycles. The zero-order chi connectivity index (χ0) is 21.1. The van der Waals surface area contributed by atoms with Crippen LogP contribution in [0.3, 0.4) is 0 Å². The highest BCUT2D eigenvalue weighted by molar-refractivity contribution is 6.81. The summed E-state index contributed by atoms with van der Waals surface area (Å²) in [5.41, 5.74) is 12.7. The van der Waals surface area contributed by atoms with Gasteiger partial charge in [-0.05, 0) is 60.4 Å². The van der Waals surface area contributed by atoms with E-state index in [0.29, 0.717) is 11.1 Å². The predicted octanol–water partition coefficient (Wildman–Crippen LogP) is 6.31. The Bertz CT molecular complexity index is 945. The molecule has 0 spiro atoms. The first-order valence-corrected chi connectivity index (χ1v) is 13.8. The van der Waals surface area contributed by atoms with Gasteiger partial charge in [0.15, 0.2) is 0 Å². The fraction of sp³-hybridized carbons (Fsp3) is 0.385. The Balaban J connectivity index is 1.82. The molecule has 29 heavy (non-hydrogen) atoms. The maximum absolute atomic E-state index is 2.60. The molecule has 3 heteroatoms. The van der Waals surface area contributed by atoms with Crippen LogP contribution >= 0.6 is 0 Å². The lowest BCUT2D eigenvalue weighted by Gasteiger charge is -2.39. The van der Waals surface area contributed by atoms with Gasteiger partial charge in [-0.1, -0.05) is 48.5 Å². The van der Waals surface area contributed by atoms with Crippen LogP contribution in [0.4, 0.5) is 11.4 Å². The molecule has 0 saturated carbocycles. The lowest BCUT2D eigenvalue weighted by Crippen LogP contribution is -2.42. The van der Waals surface area contributed by atoms with E-state index < -0.39 is 8.07 Å². The minimum absolute atomic E-state index is 0.555. The fourth-order valence-electron chi connectivity index (χ4n) is 5.73. The van der Waals surface area contributed by atoms with E-state index in [2.05, 4.69) is 113 Å². The quantitative estimate of drug-likeness (QED) is 0.553. The Morgan fingerprint density at radius 1 is 0.655 bits per heavy atom. The van der Waals surface area contributed by atoms with Crippen molar-refractivity contribution in [3.8, 4) is 0 Å². The first-order valence-electron chi connectivity index (χ1n) is 10.6. The van der Waals surface area contributed by atoms with Crippen molar-refractivity contribution in [2.45, 2.75) is 38.0 Å². The van der Waals surface area contributed by atoms with Gasteiger partial charge in [-0.15, -0.1) is 0 Å². The largest absolute Gasteiger partial charge is 0.378 e. The van der Waals surface area contributed by atoms with Gasteiger partial charge in [0.05, 0.1) is 8.07 Å². The molecule has 0 amide bonds. The molecule has 2 nitrogen and oxygen atoms in total. The maximum atomic E-state index is 2.60. The normalized spacial score (nSPS) is 20.1. The topological polar surface area (TPSA) is 6.48 Å². The summed E-state index contributed by atoms with van der Waals surface area (Å²) in [4.78, 5) is 4.44. The lowest BCUT2D eigenvalue weighted by molar-refractivity contribution is 0.964. The van der Waals surface area contributed by atoms with Crippen LogP contribution in [-0.4, -0.2) is 36.3 Å². The molecular weight excluding hydrogens is 368 g/mol. The van der Waals surface area contributed by atoms with Gasteiger partial charge in [0.2, 0.25) is 0 Å². The second-order valence-corrected chi connectivity index (χ2v) is 14.7. The molecule has 0 fully saturated rings. The summed E-state index contributed by atoms with van der Waals surface area (Å²) in [5.74, 6) is 0. The summed E-state index contributed by atoms with van der Waals surface area (Å²) < 4.78 is 0. The summed E-state index contributed by atoms with van der Waals surface area (Å²) >= 11 is 0. The molecule has 0 bridgehead atoms. The highest BCUT2D eigenvalue weighted by Crippen LogP contribution is 2.52. The van der Waals surface area contributed by atoms with Gasteiger partial charge < -0.3 is 9.80 Å². The van der Waals surface area contributed by atoms with Crippen molar-refractivity contribution in [1.29, 1.82) is 0 Å². The number of fused-ring (bicyclic) bond motifs is 2. The Kier molecular flexibility index (Phi) is 4.77. The van der Waals surface area contributed by atoms with Crippen molar-refractivity contribution in [3.63, 3.8) is 0 Å². The van der Waals surface area contributed by atoms with Crippen molar-refractivity contribution in [3.05, 3.63) is 69.8 Å². The van der Waals surface area contributed by atoms with Gasteiger partial charge in [-0.25, -0.2) is 0 Å². The standard InChI is InChI=1S/C26H34N2Si/c1-17-13-19-9-11-21(27(3)4)15-23(19)25(17)29(7,8)26-18(2)14-20-10-12-22(28(5)6)16-24(20)26/h9-16,25-26H,1-8H3. The Morgan fingerprint density at radius 2 is 1.03 bits per heavy atom. The zero-order valence-electron chi connectivity index (χ0n) is 19.2. The molecule has 2 unspecified atom stereocenters. The SMILES string of the molecule is CC1=Cc2ccc(N(C)C)cc2C1[Si](C)(C)C1C(C)=Cc2ccc(N(C)C)cc21. The monoisotopic (exact) mass is 402 g/mol. The molecule has 4 rings (SSSR count). The van der Waals surface area contributed by atoms with Crippen molar-refractivity contribution in [1.82, 2.24) is 0 Å². The average Bonchev–Trinajstić information content (AvgIpc) is 3.15. The molecule has 0 radical (unpaired) electrons. The molecular formula is C26H34N2Si. The second-order valence-electron chi connectivity index (χ2n) is 9.88. The molecule has 2 aliphatic rings. The van der Waals surface area contributed by atoms with Crippen molar-refractivity contribution in [2.24, 2.45) is 0 Å². The Hall–Kier alpha value is -2.26. The van der Waals surface area contributed by atoms with Crippen LogP contribution in [0.2, 0.25) is 13.1 Å². The Labute approximate surface area is 177 Å². The van der Waals surface area contributed by atoms with Crippen LogP contribution in [0.15, 0.2) is 47.5 Å². The van der Waals surface area contributed by atoms with E-state index >= 15 is 0 Å². The van der Waals surface area contributed by atoms with E-state index in [1.165, 1.54) is 44.8 Å². The fourth-order valence-corrected chi connectivity index (χ4v) is 10.7. The van der Waals surface area contributed by atoms with Crippen LogP contribution in [0.1, 0.15) is 47.2 Å². The number of anilines is 2. The van der Waals surface area contributed by atoms with E-state index in [1.54, 1.807) is 0 Å². The first-order chi connectivity index (χ1) is 13.6. The molecule has 0 aliphatic heterocycles. The highest BCUT2D eigenvalue weighted by atomic mass is 28.3. The number of allylic oxidation sites excluding steroid dienone is 2. The maximum Gasteiger partial charge on any atom is 0.0722 e. The second kappa shape index (κ2) is 6.91. The molecule has 0 heterocycles. The Morgan fingerprint density at radius 3 is 1.38 bits per heavy atom. The number of hydrogen-bond acceptors (Lipinski definition) is 2. The van der Waals surface area contributed by atoms with E-state index in [-0.39, 0.29) is 0 Å². The smallest absolute Gasteiger partial charge is 0.0722 e. The van der Waals surface area contributed by atoms with Crippen molar-refractivity contribution < 1.29 is 0 Å².